The summed E-state index contributed by atoms with van der Waals surface area (Å²) in [5.74, 6) is 0.318. The number of anilines is 2. The summed E-state index contributed by atoms with van der Waals surface area (Å²) in [5.41, 5.74) is 7.64. The number of aliphatic hydroxyl groups excluding tert-OH is 1. The predicted molar refractivity (Wildman–Crippen MR) is 70.6 cm³/mol. The third kappa shape index (κ3) is 2.33. The van der Waals surface area contributed by atoms with Crippen LogP contribution in [0.3, 0.4) is 0 Å². The highest BCUT2D eigenvalue weighted by molar-refractivity contribution is 9.10. The molecule has 0 bridgehead atoms. The maximum atomic E-state index is 9.70. The van der Waals surface area contributed by atoms with Gasteiger partial charge in [-0.1, -0.05) is 6.92 Å². The van der Waals surface area contributed by atoms with Crippen LogP contribution in [-0.4, -0.2) is 24.3 Å². The van der Waals surface area contributed by atoms with Gasteiger partial charge in [0.2, 0.25) is 0 Å². The molecule has 2 rings (SSSR count). The number of benzene rings is 1. The Morgan fingerprint density at radius 2 is 2.25 bits per heavy atom. The van der Waals surface area contributed by atoms with Crippen molar-refractivity contribution in [2.75, 3.05) is 23.7 Å². The lowest BCUT2D eigenvalue weighted by Crippen LogP contribution is -2.42. The lowest BCUT2D eigenvalue weighted by molar-refractivity contribution is 0.0970. The second kappa shape index (κ2) is 4.63. The highest BCUT2D eigenvalue weighted by Gasteiger charge is 2.25. The molecule has 2 atom stereocenters. The average molecular weight is 285 g/mol. The largest absolute Gasteiger partial charge is 0.399 e. The molecule has 1 aromatic carbocycles. The van der Waals surface area contributed by atoms with Gasteiger partial charge in [0.1, 0.15) is 0 Å². The number of halogens is 1. The fraction of sp³-hybridized carbons (Fsp3) is 0.500. The van der Waals surface area contributed by atoms with E-state index in [1.165, 1.54) is 0 Å². The van der Waals surface area contributed by atoms with Crippen molar-refractivity contribution < 1.29 is 5.11 Å². The first kappa shape index (κ1) is 11.7. The fourth-order valence-electron chi connectivity index (χ4n) is 2.13. The van der Waals surface area contributed by atoms with Crippen LogP contribution < -0.4 is 10.6 Å². The minimum Gasteiger partial charge on any atom is -0.399 e. The molecule has 1 aliphatic rings. The zero-order valence-electron chi connectivity index (χ0n) is 9.36. The van der Waals surface area contributed by atoms with Crippen molar-refractivity contribution in [2.45, 2.75) is 19.4 Å². The topological polar surface area (TPSA) is 49.5 Å². The van der Waals surface area contributed by atoms with Crippen LogP contribution in [0.25, 0.3) is 0 Å². The van der Waals surface area contributed by atoms with Gasteiger partial charge in [-0.25, -0.2) is 0 Å². The molecule has 0 saturated carbocycles. The highest BCUT2D eigenvalue weighted by atomic mass is 79.9. The van der Waals surface area contributed by atoms with Crippen molar-refractivity contribution in [1.29, 1.82) is 0 Å². The van der Waals surface area contributed by atoms with Crippen LogP contribution in [0.15, 0.2) is 22.7 Å². The van der Waals surface area contributed by atoms with Crippen molar-refractivity contribution in [2.24, 2.45) is 5.92 Å². The van der Waals surface area contributed by atoms with E-state index in [0.717, 1.165) is 35.4 Å². The number of piperidine rings is 1. The van der Waals surface area contributed by atoms with Crippen LogP contribution in [0, 0.1) is 5.92 Å². The van der Waals surface area contributed by atoms with Gasteiger partial charge in [0.05, 0.1) is 11.8 Å². The second-order valence-electron chi connectivity index (χ2n) is 4.49. The minimum atomic E-state index is -0.163. The van der Waals surface area contributed by atoms with E-state index in [0.29, 0.717) is 5.92 Å². The first-order valence-electron chi connectivity index (χ1n) is 5.56. The van der Waals surface area contributed by atoms with E-state index in [1.807, 2.05) is 18.2 Å². The summed E-state index contributed by atoms with van der Waals surface area (Å²) in [5, 5.41) is 9.70. The Hall–Kier alpha value is -0.740. The first-order valence-corrected chi connectivity index (χ1v) is 6.35. The number of hydrogen-bond acceptors (Lipinski definition) is 3. The third-order valence-corrected chi connectivity index (χ3v) is 3.81. The molecule has 2 unspecified atom stereocenters. The molecule has 16 heavy (non-hydrogen) atoms. The van der Waals surface area contributed by atoms with Crippen LogP contribution in [0.1, 0.15) is 13.3 Å². The summed E-state index contributed by atoms with van der Waals surface area (Å²) in [6.07, 6.45) is 0.668. The third-order valence-electron chi connectivity index (χ3n) is 3.17. The number of rotatable bonds is 1. The second-order valence-corrected chi connectivity index (χ2v) is 5.34. The van der Waals surface area contributed by atoms with Gasteiger partial charge >= 0.3 is 0 Å². The molecule has 1 aromatic rings. The van der Waals surface area contributed by atoms with Crippen LogP contribution in [0.4, 0.5) is 11.4 Å². The van der Waals surface area contributed by atoms with Gasteiger partial charge in [0.15, 0.2) is 0 Å². The van der Waals surface area contributed by atoms with E-state index in [-0.39, 0.29) is 6.10 Å². The van der Waals surface area contributed by atoms with E-state index >= 15 is 0 Å². The van der Waals surface area contributed by atoms with Crippen molar-refractivity contribution in [3.8, 4) is 0 Å². The number of nitrogen functional groups attached to an aromatic ring is 1. The van der Waals surface area contributed by atoms with E-state index in [2.05, 4.69) is 27.8 Å². The zero-order valence-corrected chi connectivity index (χ0v) is 10.9. The normalized spacial score (nSPS) is 25.8. The number of aliphatic hydroxyl groups is 1. The molecule has 1 heterocycles. The van der Waals surface area contributed by atoms with Gasteiger partial charge in [0, 0.05) is 23.2 Å². The number of nitrogens with two attached hydrogens (primary N) is 1. The lowest BCUT2D eigenvalue weighted by Gasteiger charge is -2.36. The predicted octanol–water partition coefficient (Wildman–Crippen LogP) is 2.24. The van der Waals surface area contributed by atoms with E-state index < -0.39 is 0 Å². The van der Waals surface area contributed by atoms with E-state index in [1.54, 1.807) is 0 Å². The molecule has 88 valence electrons. The summed E-state index contributed by atoms with van der Waals surface area (Å²) in [7, 11) is 0. The molecule has 0 aliphatic carbocycles. The molecular formula is C12H17BrN2O. The Kier molecular flexibility index (Phi) is 3.40. The smallest absolute Gasteiger partial charge is 0.0599 e. The Labute approximate surface area is 104 Å². The SMILES string of the molecule is CC1CN(c2ccc(N)cc2Br)CCC1O. The van der Waals surface area contributed by atoms with Crippen LogP contribution in [0.5, 0.6) is 0 Å². The Morgan fingerprint density at radius 3 is 2.88 bits per heavy atom. The highest BCUT2D eigenvalue weighted by Crippen LogP contribution is 2.31. The molecular weight excluding hydrogens is 268 g/mol. The average Bonchev–Trinajstić information content (AvgIpc) is 2.22. The van der Waals surface area contributed by atoms with Gasteiger partial charge in [-0.2, -0.15) is 0 Å². The van der Waals surface area contributed by atoms with Gasteiger partial charge in [-0.05, 0) is 46.5 Å². The first-order chi connectivity index (χ1) is 7.58. The van der Waals surface area contributed by atoms with Gasteiger partial charge in [0.25, 0.3) is 0 Å². The summed E-state index contributed by atoms with van der Waals surface area (Å²) >= 11 is 3.53. The molecule has 0 radical (unpaired) electrons. The zero-order chi connectivity index (χ0) is 11.7. The molecule has 0 spiro atoms. The summed E-state index contributed by atoms with van der Waals surface area (Å²) in [6, 6.07) is 5.87. The standard InChI is InChI=1S/C12H17BrN2O/c1-8-7-15(5-4-12(8)16)11-3-2-9(14)6-10(11)13/h2-3,6,8,12,16H,4-5,7,14H2,1H3. The van der Waals surface area contributed by atoms with Gasteiger partial charge in [-0.3, -0.25) is 0 Å². The summed E-state index contributed by atoms with van der Waals surface area (Å²) < 4.78 is 1.02. The molecule has 1 fully saturated rings. The van der Waals surface area contributed by atoms with Crippen molar-refractivity contribution in [1.82, 2.24) is 0 Å². The fourth-order valence-corrected chi connectivity index (χ4v) is 2.78. The lowest BCUT2D eigenvalue weighted by atomic mass is 9.96. The quantitative estimate of drug-likeness (QED) is 0.778. The molecule has 4 heteroatoms. The van der Waals surface area contributed by atoms with Crippen molar-refractivity contribution >= 4 is 27.3 Å². The van der Waals surface area contributed by atoms with Gasteiger partial charge in [-0.15, -0.1) is 0 Å². The maximum absolute atomic E-state index is 9.70. The Morgan fingerprint density at radius 1 is 1.50 bits per heavy atom. The van der Waals surface area contributed by atoms with E-state index in [9.17, 15) is 5.11 Å². The molecule has 3 nitrogen and oxygen atoms in total. The summed E-state index contributed by atoms with van der Waals surface area (Å²) in [6.45, 7) is 3.87. The number of hydrogen-bond donors (Lipinski definition) is 2. The van der Waals surface area contributed by atoms with Crippen LogP contribution in [0.2, 0.25) is 0 Å². The molecule has 3 N–H and O–H groups in total. The number of nitrogens with zero attached hydrogens (tertiary/aromatic N) is 1. The van der Waals surface area contributed by atoms with Gasteiger partial charge < -0.3 is 15.7 Å². The Bertz CT molecular complexity index is 383. The van der Waals surface area contributed by atoms with Crippen molar-refractivity contribution in [3.63, 3.8) is 0 Å². The minimum absolute atomic E-state index is 0.163. The Balaban J connectivity index is 2.18. The monoisotopic (exact) mass is 284 g/mol. The molecule has 1 aliphatic heterocycles. The van der Waals surface area contributed by atoms with E-state index in [4.69, 9.17) is 5.73 Å². The van der Waals surface area contributed by atoms with Crippen molar-refractivity contribution in [3.05, 3.63) is 22.7 Å². The van der Waals surface area contributed by atoms with Crippen LogP contribution in [-0.2, 0) is 0 Å². The summed E-state index contributed by atoms with van der Waals surface area (Å²) in [4.78, 5) is 2.29. The maximum Gasteiger partial charge on any atom is 0.0599 e. The molecule has 0 amide bonds. The molecule has 1 saturated heterocycles. The molecule has 0 aromatic heterocycles. The van der Waals surface area contributed by atoms with Crippen LogP contribution >= 0.6 is 15.9 Å².